The van der Waals surface area contributed by atoms with Gasteiger partial charge in [-0.15, -0.1) is 10.2 Å². The summed E-state index contributed by atoms with van der Waals surface area (Å²) in [7, 11) is 1.19. The summed E-state index contributed by atoms with van der Waals surface area (Å²) in [6.45, 7) is 1.65. The maximum atomic E-state index is 12.1. The van der Waals surface area contributed by atoms with E-state index in [0.717, 1.165) is 0 Å². The number of hydrogen-bond acceptors (Lipinski definition) is 9. The molecule has 2 aromatic rings. The lowest BCUT2D eigenvalue weighted by molar-refractivity contribution is -0.119. The van der Waals surface area contributed by atoms with Crippen molar-refractivity contribution in [2.45, 2.75) is 20.9 Å². The second kappa shape index (κ2) is 9.54. The zero-order valence-corrected chi connectivity index (χ0v) is 15.9. The number of ketones is 1. The average molecular weight is 398 g/mol. The number of alkyl carbamates (subject to hydrolysis) is 1. The highest BCUT2D eigenvalue weighted by atomic mass is 32.2. The third kappa shape index (κ3) is 6.15. The first kappa shape index (κ1) is 19.4. The van der Waals surface area contributed by atoms with Crippen LogP contribution in [-0.4, -0.2) is 46.1 Å². The van der Waals surface area contributed by atoms with Crippen LogP contribution in [0.25, 0.3) is 0 Å². The molecule has 2 rings (SSSR count). The number of carbonyl (C=O) groups is 3. The topological polar surface area (TPSA) is 98.2 Å². The monoisotopic (exact) mass is 397 g/mol. The van der Waals surface area contributed by atoms with E-state index in [9.17, 15) is 14.4 Å². The van der Waals surface area contributed by atoms with Gasteiger partial charge in [-0.05, 0) is 6.92 Å². The van der Waals surface area contributed by atoms with E-state index in [2.05, 4.69) is 20.3 Å². The lowest BCUT2D eigenvalue weighted by Gasteiger charge is -2.07. The molecule has 7 nitrogen and oxygen atoms in total. The molecule has 0 fully saturated rings. The molecule has 1 atom stereocenters. The van der Waals surface area contributed by atoms with E-state index in [1.54, 1.807) is 19.1 Å². The lowest BCUT2D eigenvalue weighted by atomic mass is 10.2. The summed E-state index contributed by atoms with van der Waals surface area (Å²) in [5.74, 6) is -0.192. The minimum atomic E-state index is -0.801. The van der Waals surface area contributed by atoms with E-state index in [4.69, 9.17) is 0 Å². The minimum Gasteiger partial charge on any atom is -0.453 e. The molecule has 1 N–H and O–H groups in total. The van der Waals surface area contributed by atoms with Gasteiger partial charge in [0.2, 0.25) is 5.91 Å². The van der Waals surface area contributed by atoms with Crippen LogP contribution in [0.3, 0.4) is 0 Å². The van der Waals surface area contributed by atoms with Crippen LogP contribution in [0.15, 0.2) is 39.0 Å². The number of rotatable bonds is 7. The van der Waals surface area contributed by atoms with Gasteiger partial charge in [-0.25, -0.2) is 4.79 Å². The van der Waals surface area contributed by atoms with Crippen LogP contribution in [0, 0.1) is 0 Å². The van der Waals surface area contributed by atoms with Crippen molar-refractivity contribution in [2.24, 2.45) is 0 Å². The van der Waals surface area contributed by atoms with Crippen LogP contribution in [0.1, 0.15) is 17.3 Å². The van der Waals surface area contributed by atoms with Crippen molar-refractivity contribution < 1.29 is 19.1 Å². The fourth-order valence-electron chi connectivity index (χ4n) is 1.60. The Balaban J connectivity index is 1.84. The van der Waals surface area contributed by atoms with Gasteiger partial charge in [0.05, 0.1) is 18.1 Å². The van der Waals surface area contributed by atoms with Gasteiger partial charge in [0.15, 0.2) is 14.5 Å². The maximum Gasteiger partial charge on any atom is 0.413 e. The van der Waals surface area contributed by atoms with Gasteiger partial charge < -0.3 is 4.74 Å². The van der Waals surface area contributed by atoms with E-state index in [0.29, 0.717) is 14.2 Å². The van der Waals surface area contributed by atoms with Crippen LogP contribution in [-0.2, 0) is 9.53 Å². The number of aromatic nitrogens is 2. The third-order valence-electron chi connectivity index (χ3n) is 2.87. The molecule has 1 aromatic carbocycles. The Kier molecular flexibility index (Phi) is 7.41. The number of methoxy groups -OCH3 is 1. The van der Waals surface area contributed by atoms with Gasteiger partial charge in [-0.1, -0.05) is 65.2 Å². The zero-order chi connectivity index (χ0) is 18.2. The van der Waals surface area contributed by atoms with Gasteiger partial charge in [0.25, 0.3) is 0 Å². The maximum absolute atomic E-state index is 12.1. The number of nitrogens with zero attached hydrogens (tertiary/aromatic N) is 2. The number of amides is 2. The number of imide groups is 1. The first-order valence-electron chi connectivity index (χ1n) is 7.09. The van der Waals surface area contributed by atoms with Crippen LogP contribution >= 0.6 is 34.9 Å². The minimum absolute atomic E-state index is 0.0147. The third-order valence-corrected chi connectivity index (χ3v) is 6.11. The Labute approximate surface area is 156 Å². The zero-order valence-electron chi connectivity index (χ0n) is 13.4. The van der Waals surface area contributed by atoms with Gasteiger partial charge >= 0.3 is 6.09 Å². The molecule has 0 saturated heterocycles. The van der Waals surface area contributed by atoms with Crippen molar-refractivity contribution in [1.29, 1.82) is 0 Å². The van der Waals surface area contributed by atoms with Crippen LogP contribution < -0.4 is 5.32 Å². The molecule has 0 bridgehead atoms. The highest BCUT2D eigenvalue weighted by Crippen LogP contribution is 2.31. The van der Waals surface area contributed by atoms with Crippen LogP contribution in [0.2, 0.25) is 0 Å². The quantitative estimate of drug-likeness (QED) is 0.562. The Morgan fingerprint density at radius 2 is 1.88 bits per heavy atom. The second-order valence-corrected chi connectivity index (χ2v) is 8.44. The Morgan fingerprint density at radius 1 is 1.20 bits per heavy atom. The van der Waals surface area contributed by atoms with Crippen molar-refractivity contribution in [1.82, 2.24) is 15.5 Å². The summed E-state index contributed by atoms with van der Waals surface area (Å²) in [6.07, 6.45) is -0.801. The SMILES string of the molecule is COC(=O)NC(=O)[C@H](C)Sc1nnc(SCC(=O)c2ccccc2)s1. The summed E-state index contributed by atoms with van der Waals surface area (Å²) in [4.78, 5) is 34.9. The Hall–Kier alpha value is -1.91. The number of Topliss-reactive ketones (excluding diaryl/α,β-unsaturated/α-hetero) is 1. The summed E-state index contributed by atoms with van der Waals surface area (Å²) in [5, 5.41) is 9.57. The highest BCUT2D eigenvalue weighted by molar-refractivity contribution is 8.04. The molecule has 0 unspecified atom stereocenters. The van der Waals surface area contributed by atoms with Gasteiger partial charge in [0, 0.05) is 5.56 Å². The Morgan fingerprint density at radius 3 is 2.56 bits per heavy atom. The van der Waals surface area contributed by atoms with E-state index < -0.39 is 17.3 Å². The molecule has 25 heavy (non-hydrogen) atoms. The number of benzene rings is 1. The van der Waals surface area contributed by atoms with Crippen molar-refractivity contribution in [3.8, 4) is 0 Å². The first-order chi connectivity index (χ1) is 12.0. The average Bonchev–Trinajstić information content (AvgIpc) is 3.07. The normalized spacial score (nSPS) is 11.6. The molecular formula is C15H15N3O4S3. The molecule has 132 valence electrons. The van der Waals surface area contributed by atoms with Crippen molar-refractivity contribution in [3.63, 3.8) is 0 Å². The van der Waals surface area contributed by atoms with Gasteiger partial charge in [-0.3, -0.25) is 14.9 Å². The molecule has 0 aliphatic carbocycles. The molecule has 0 spiro atoms. The van der Waals surface area contributed by atoms with E-state index >= 15 is 0 Å². The predicted molar refractivity (Wildman–Crippen MR) is 97.3 cm³/mol. The molecule has 1 heterocycles. The first-order valence-corrected chi connectivity index (χ1v) is 9.77. The summed E-state index contributed by atoms with van der Waals surface area (Å²) in [6, 6.07) is 9.03. The number of thioether (sulfide) groups is 2. The molecular weight excluding hydrogens is 382 g/mol. The number of carbonyl (C=O) groups excluding carboxylic acids is 3. The highest BCUT2D eigenvalue weighted by Gasteiger charge is 2.19. The second-order valence-electron chi connectivity index (χ2n) is 4.65. The number of hydrogen-bond donors (Lipinski definition) is 1. The Bertz CT molecular complexity index is 751. The molecule has 10 heteroatoms. The summed E-state index contributed by atoms with van der Waals surface area (Å²) >= 11 is 3.78. The van der Waals surface area contributed by atoms with Crippen molar-refractivity contribution in [3.05, 3.63) is 35.9 Å². The largest absolute Gasteiger partial charge is 0.453 e. The van der Waals surface area contributed by atoms with Crippen LogP contribution in [0.4, 0.5) is 4.79 Å². The smallest absolute Gasteiger partial charge is 0.413 e. The molecule has 2 amide bonds. The van der Waals surface area contributed by atoms with Crippen molar-refractivity contribution in [2.75, 3.05) is 12.9 Å². The van der Waals surface area contributed by atoms with Gasteiger partial charge in [-0.2, -0.15) is 0 Å². The summed E-state index contributed by atoms with van der Waals surface area (Å²) in [5.41, 5.74) is 0.655. The molecule has 0 saturated carbocycles. The van der Waals surface area contributed by atoms with Crippen molar-refractivity contribution >= 4 is 52.6 Å². The number of ether oxygens (including phenoxy) is 1. The van der Waals surface area contributed by atoms with Gasteiger partial charge in [0.1, 0.15) is 0 Å². The summed E-state index contributed by atoms with van der Waals surface area (Å²) < 4.78 is 5.61. The molecule has 1 aromatic heterocycles. The fraction of sp³-hybridized carbons (Fsp3) is 0.267. The van der Waals surface area contributed by atoms with E-state index in [1.807, 2.05) is 18.2 Å². The van der Waals surface area contributed by atoms with E-state index in [1.165, 1.54) is 42.0 Å². The lowest BCUT2D eigenvalue weighted by Crippen LogP contribution is -2.35. The van der Waals surface area contributed by atoms with E-state index in [-0.39, 0.29) is 11.5 Å². The molecule has 0 aliphatic heterocycles. The number of nitrogens with one attached hydrogen (secondary N) is 1. The standard InChI is InChI=1S/C15H15N3O4S3/c1-9(12(20)16-13(21)22-2)24-15-18-17-14(25-15)23-8-11(19)10-6-4-3-5-7-10/h3-7,9H,8H2,1-2H3,(H,16,20,21)/t9-/m0/s1. The molecule has 0 aliphatic rings. The fourth-order valence-corrected chi connectivity index (χ4v) is 4.65. The van der Waals surface area contributed by atoms with Crippen LogP contribution in [0.5, 0.6) is 0 Å². The predicted octanol–water partition coefficient (Wildman–Crippen LogP) is 2.88. The molecule has 0 radical (unpaired) electrons.